The van der Waals surface area contributed by atoms with Crippen molar-refractivity contribution in [2.75, 3.05) is 12.4 Å². The molecule has 0 amide bonds. The maximum Gasteiger partial charge on any atom is 0.119 e. The van der Waals surface area contributed by atoms with Crippen molar-refractivity contribution in [3.05, 3.63) is 57.6 Å². The van der Waals surface area contributed by atoms with Gasteiger partial charge in [0.1, 0.15) is 5.75 Å². The van der Waals surface area contributed by atoms with Crippen molar-refractivity contribution in [1.82, 2.24) is 0 Å². The number of aryl methyl sites for hydroxylation is 1. The van der Waals surface area contributed by atoms with Crippen molar-refractivity contribution < 1.29 is 4.74 Å². The van der Waals surface area contributed by atoms with E-state index in [0.717, 1.165) is 16.6 Å². The Kier molecular flexibility index (Phi) is 4.20. The summed E-state index contributed by atoms with van der Waals surface area (Å²) in [4.78, 5) is 0. The monoisotopic (exact) mass is 345 g/mol. The number of methoxy groups -OCH3 is 1. The van der Waals surface area contributed by atoms with E-state index in [0.29, 0.717) is 6.04 Å². The predicted molar refractivity (Wildman–Crippen MR) is 91.2 cm³/mol. The first kappa shape index (κ1) is 14.5. The second-order valence-electron chi connectivity index (χ2n) is 5.57. The number of ether oxygens (including phenoxy) is 1. The maximum absolute atomic E-state index is 5.34. The molecule has 0 heterocycles. The maximum atomic E-state index is 5.34. The van der Waals surface area contributed by atoms with Gasteiger partial charge in [-0.25, -0.2) is 0 Å². The third kappa shape index (κ3) is 2.93. The first-order valence-corrected chi connectivity index (χ1v) is 8.17. The summed E-state index contributed by atoms with van der Waals surface area (Å²) in [6.45, 7) is 2.14. The molecular formula is C18H20BrNO. The Balaban J connectivity index is 1.90. The van der Waals surface area contributed by atoms with Gasteiger partial charge < -0.3 is 10.1 Å². The molecule has 0 aliphatic heterocycles. The Morgan fingerprint density at radius 1 is 1.24 bits per heavy atom. The Morgan fingerprint density at radius 3 is 2.90 bits per heavy atom. The number of hydrogen-bond donors (Lipinski definition) is 1. The molecule has 21 heavy (non-hydrogen) atoms. The summed E-state index contributed by atoms with van der Waals surface area (Å²) in [5, 5.41) is 3.71. The van der Waals surface area contributed by atoms with Crippen LogP contribution < -0.4 is 10.1 Å². The number of rotatable bonds is 3. The van der Waals surface area contributed by atoms with Gasteiger partial charge in [0.2, 0.25) is 0 Å². The molecule has 0 bridgehead atoms. The highest BCUT2D eigenvalue weighted by Gasteiger charge is 2.21. The van der Waals surface area contributed by atoms with Gasteiger partial charge >= 0.3 is 0 Å². The van der Waals surface area contributed by atoms with Crippen molar-refractivity contribution in [2.45, 2.75) is 32.2 Å². The molecule has 1 aliphatic carbocycles. The summed E-state index contributed by atoms with van der Waals surface area (Å²) in [5.41, 5.74) is 5.28. The topological polar surface area (TPSA) is 21.3 Å². The lowest BCUT2D eigenvalue weighted by molar-refractivity contribution is 0.413. The van der Waals surface area contributed by atoms with Crippen LogP contribution in [0.2, 0.25) is 0 Å². The van der Waals surface area contributed by atoms with E-state index in [4.69, 9.17) is 4.74 Å². The molecule has 1 aliphatic rings. The molecule has 0 fully saturated rings. The summed E-state index contributed by atoms with van der Waals surface area (Å²) in [7, 11) is 1.73. The van der Waals surface area contributed by atoms with Crippen LogP contribution in [0.25, 0.3) is 0 Å². The van der Waals surface area contributed by atoms with E-state index < -0.39 is 0 Å². The Labute approximate surface area is 134 Å². The van der Waals surface area contributed by atoms with E-state index in [2.05, 4.69) is 64.6 Å². The second kappa shape index (κ2) is 6.10. The zero-order valence-electron chi connectivity index (χ0n) is 12.4. The fourth-order valence-corrected chi connectivity index (χ4v) is 3.39. The molecule has 1 atom stereocenters. The molecule has 2 aromatic rings. The van der Waals surface area contributed by atoms with E-state index in [-0.39, 0.29) is 0 Å². The summed E-state index contributed by atoms with van der Waals surface area (Å²) >= 11 is 3.60. The van der Waals surface area contributed by atoms with Gasteiger partial charge in [0.05, 0.1) is 13.2 Å². The molecule has 3 heteroatoms. The van der Waals surface area contributed by atoms with Crippen molar-refractivity contribution in [3.63, 3.8) is 0 Å². The fraction of sp³-hybridized carbons (Fsp3) is 0.333. The van der Waals surface area contributed by atoms with Crippen LogP contribution in [-0.4, -0.2) is 7.11 Å². The number of hydrogen-bond acceptors (Lipinski definition) is 2. The predicted octanol–water partition coefficient (Wildman–Crippen LogP) is 5.26. The highest BCUT2D eigenvalue weighted by molar-refractivity contribution is 9.10. The Morgan fingerprint density at radius 2 is 2.10 bits per heavy atom. The molecule has 0 saturated heterocycles. The molecule has 110 valence electrons. The molecule has 0 saturated carbocycles. The third-order valence-electron chi connectivity index (χ3n) is 4.26. The minimum atomic E-state index is 0.382. The zero-order valence-corrected chi connectivity index (χ0v) is 14.0. The van der Waals surface area contributed by atoms with E-state index in [1.54, 1.807) is 7.11 Å². The fourth-order valence-electron chi connectivity index (χ4n) is 3.02. The molecule has 1 unspecified atom stereocenters. The van der Waals surface area contributed by atoms with Gasteiger partial charge in [-0.05, 0) is 67.1 Å². The van der Waals surface area contributed by atoms with Crippen LogP contribution in [0.3, 0.4) is 0 Å². The van der Waals surface area contributed by atoms with Gasteiger partial charge in [-0.15, -0.1) is 0 Å². The van der Waals surface area contributed by atoms with Gasteiger partial charge in [0.25, 0.3) is 0 Å². The van der Waals surface area contributed by atoms with Gasteiger partial charge in [0, 0.05) is 10.2 Å². The van der Waals surface area contributed by atoms with Gasteiger partial charge in [0.15, 0.2) is 0 Å². The van der Waals surface area contributed by atoms with Crippen molar-refractivity contribution in [2.24, 2.45) is 0 Å². The van der Waals surface area contributed by atoms with E-state index in [1.807, 2.05) is 0 Å². The molecule has 2 nitrogen and oxygen atoms in total. The molecular weight excluding hydrogens is 326 g/mol. The Bertz CT molecular complexity index is 654. The van der Waals surface area contributed by atoms with Crippen LogP contribution in [0.15, 0.2) is 40.9 Å². The summed E-state index contributed by atoms with van der Waals surface area (Å²) in [6, 6.07) is 13.1. The van der Waals surface area contributed by atoms with Crippen LogP contribution in [0.4, 0.5) is 5.69 Å². The molecule has 0 spiro atoms. The summed E-state index contributed by atoms with van der Waals surface area (Å²) in [6.07, 6.45) is 3.53. The number of halogens is 1. The SMILES string of the molecule is COc1ccc2c(c1)CCCC2Nc1cccc(Br)c1C. The lowest BCUT2D eigenvalue weighted by atomic mass is 9.87. The smallest absolute Gasteiger partial charge is 0.119 e. The first-order valence-electron chi connectivity index (χ1n) is 7.37. The number of fused-ring (bicyclic) bond motifs is 1. The largest absolute Gasteiger partial charge is 0.497 e. The molecule has 3 rings (SSSR count). The molecule has 0 radical (unpaired) electrons. The normalized spacial score (nSPS) is 17.2. The van der Waals surface area contributed by atoms with Crippen molar-refractivity contribution in [1.29, 1.82) is 0 Å². The highest BCUT2D eigenvalue weighted by atomic mass is 79.9. The standard InChI is InChI=1S/C18H20BrNO/c1-12-16(19)6-4-7-17(12)20-18-8-3-5-13-11-14(21-2)9-10-15(13)18/h4,6-7,9-11,18,20H,3,5,8H2,1-2H3. The molecule has 1 N–H and O–H groups in total. The van der Waals surface area contributed by atoms with E-state index in [9.17, 15) is 0 Å². The van der Waals surface area contributed by atoms with Crippen LogP contribution in [-0.2, 0) is 6.42 Å². The van der Waals surface area contributed by atoms with Gasteiger partial charge in [-0.3, -0.25) is 0 Å². The number of nitrogens with one attached hydrogen (secondary N) is 1. The van der Waals surface area contributed by atoms with Crippen molar-refractivity contribution in [3.8, 4) is 5.75 Å². The van der Waals surface area contributed by atoms with E-state index >= 15 is 0 Å². The van der Waals surface area contributed by atoms with Gasteiger partial charge in [-0.2, -0.15) is 0 Å². The summed E-state index contributed by atoms with van der Waals surface area (Å²) in [5.74, 6) is 0.952. The van der Waals surface area contributed by atoms with Crippen molar-refractivity contribution >= 4 is 21.6 Å². The highest BCUT2D eigenvalue weighted by Crippen LogP contribution is 2.36. The Hall–Kier alpha value is -1.48. The summed E-state index contributed by atoms with van der Waals surface area (Å²) < 4.78 is 6.49. The molecule has 2 aromatic carbocycles. The number of anilines is 1. The second-order valence-corrected chi connectivity index (χ2v) is 6.42. The van der Waals surface area contributed by atoms with Crippen LogP contribution in [0.1, 0.15) is 35.6 Å². The molecule has 0 aromatic heterocycles. The van der Waals surface area contributed by atoms with E-state index in [1.165, 1.54) is 35.2 Å². The minimum absolute atomic E-state index is 0.382. The van der Waals surface area contributed by atoms with Crippen LogP contribution in [0.5, 0.6) is 5.75 Å². The lowest BCUT2D eigenvalue weighted by Crippen LogP contribution is -2.18. The average molecular weight is 346 g/mol. The van der Waals surface area contributed by atoms with Crippen LogP contribution >= 0.6 is 15.9 Å². The van der Waals surface area contributed by atoms with Gasteiger partial charge in [-0.1, -0.05) is 28.1 Å². The van der Waals surface area contributed by atoms with Crippen LogP contribution in [0, 0.1) is 6.92 Å². The third-order valence-corrected chi connectivity index (χ3v) is 5.12. The zero-order chi connectivity index (χ0) is 14.8. The number of benzene rings is 2. The quantitative estimate of drug-likeness (QED) is 0.819. The average Bonchev–Trinajstić information content (AvgIpc) is 2.51. The minimum Gasteiger partial charge on any atom is -0.497 e. The lowest BCUT2D eigenvalue weighted by Gasteiger charge is -2.28. The first-order chi connectivity index (χ1) is 10.2.